The molecule has 0 bridgehead atoms. The molecule has 3 aromatic carbocycles. The minimum atomic E-state index is -3.85. The van der Waals surface area contributed by atoms with Crippen molar-refractivity contribution in [1.29, 1.82) is 0 Å². The first-order valence-electron chi connectivity index (χ1n) is 8.21. The van der Waals surface area contributed by atoms with Gasteiger partial charge in [-0.05, 0) is 61.0 Å². The highest BCUT2D eigenvalue weighted by Crippen LogP contribution is 2.26. The molecule has 0 spiro atoms. The number of carbonyl (C=O) groups is 1. The number of benzene rings is 3. The summed E-state index contributed by atoms with van der Waals surface area (Å²) in [5, 5.41) is 3.12. The Morgan fingerprint density at radius 2 is 1.64 bits per heavy atom. The molecule has 0 unspecified atom stereocenters. The molecule has 0 fully saturated rings. The van der Waals surface area contributed by atoms with Gasteiger partial charge < -0.3 is 5.32 Å². The largest absolute Gasteiger partial charge is 0.321 e. The van der Waals surface area contributed by atoms with Crippen molar-refractivity contribution in [3.05, 3.63) is 87.4 Å². The van der Waals surface area contributed by atoms with E-state index >= 15 is 0 Å². The Labute approximate surface area is 176 Å². The van der Waals surface area contributed by atoms with Crippen molar-refractivity contribution in [2.24, 2.45) is 0 Å². The molecule has 0 atom stereocenters. The highest BCUT2D eigenvalue weighted by atomic mass is 79.9. The Balaban J connectivity index is 1.88. The van der Waals surface area contributed by atoms with Crippen LogP contribution in [0.4, 0.5) is 11.4 Å². The average Bonchev–Trinajstić information content (AvgIpc) is 2.64. The van der Waals surface area contributed by atoms with Crippen LogP contribution in [0.1, 0.15) is 15.9 Å². The lowest BCUT2D eigenvalue weighted by molar-refractivity contribution is 0.102. The molecule has 0 saturated carbocycles. The first kappa shape index (κ1) is 20.4. The van der Waals surface area contributed by atoms with Crippen molar-refractivity contribution in [2.75, 3.05) is 10.0 Å². The fourth-order valence-electron chi connectivity index (χ4n) is 2.50. The minimum absolute atomic E-state index is 0.0903. The van der Waals surface area contributed by atoms with Crippen LogP contribution < -0.4 is 10.0 Å². The third-order valence-electron chi connectivity index (χ3n) is 3.91. The van der Waals surface area contributed by atoms with E-state index in [1.165, 1.54) is 24.3 Å². The number of rotatable bonds is 5. The molecule has 3 rings (SSSR count). The maximum atomic E-state index is 12.7. The van der Waals surface area contributed by atoms with E-state index in [1.54, 1.807) is 36.4 Å². The van der Waals surface area contributed by atoms with E-state index in [-0.39, 0.29) is 16.1 Å². The second kappa shape index (κ2) is 8.34. The summed E-state index contributed by atoms with van der Waals surface area (Å²) in [6, 6.07) is 17.8. The Bertz CT molecular complexity index is 1130. The van der Waals surface area contributed by atoms with Crippen molar-refractivity contribution in [2.45, 2.75) is 11.8 Å². The maximum absolute atomic E-state index is 12.7. The first-order valence-corrected chi connectivity index (χ1v) is 10.9. The molecular weight excluding hydrogens is 464 g/mol. The van der Waals surface area contributed by atoms with E-state index in [0.29, 0.717) is 10.7 Å². The van der Waals surface area contributed by atoms with Crippen LogP contribution in [0.3, 0.4) is 0 Å². The summed E-state index contributed by atoms with van der Waals surface area (Å²) in [4.78, 5) is 12.8. The predicted molar refractivity (Wildman–Crippen MR) is 116 cm³/mol. The molecule has 0 aliphatic rings. The van der Waals surface area contributed by atoms with E-state index in [9.17, 15) is 13.2 Å². The predicted octanol–water partition coefficient (Wildman–Crippen LogP) is 5.46. The molecule has 0 heterocycles. The van der Waals surface area contributed by atoms with E-state index < -0.39 is 15.9 Å². The van der Waals surface area contributed by atoms with Crippen molar-refractivity contribution in [3.8, 4) is 0 Å². The monoisotopic (exact) mass is 478 g/mol. The molecule has 0 saturated heterocycles. The number of para-hydroxylation sites is 1. The lowest BCUT2D eigenvalue weighted by Crippen LogP contribution is -2.18. The topological polar surface area (TPSA) is 75.3 Å². The fourth-order valence-corrected chi connectivity index (χ4v) is 4.13. The van der Waals surface area contributed by atoms with Crippen LogP contribution in [0.5, 0.6) is 0 Å². The Morgan fingerprint density at radius 1 is 0.964 bits per heavy atom. The van der Waals surface area contributed by atoms with E-state index in [2.05, 4.69) is 26.0 Å². The second-order valence-corrected chi connectivity index (χ2v) is 9.05. The van der Waals surface area contributed by atoms with E-state index in [1.807, 2.05) is 13.0 Å². The second-order valence-electron chi connectivity index (χ2n) is 6.04. The number of nitrogens with one attached hydrogen (secondary N) is 2. The van der Waals surface area contributed by atoms with Gasteiger partial charge in [0.15, 0.2) is 0 Å². The number of halogens is 2. The van der Waals surface area contributed by atoms with Crippen LogP contribution in [-0.2, 0) is 10.0 Å². The summed E-state index contributed by atoms with van der Waals surface area (Å²) in [7, 11) is -3.85. The molecular formula is C20H16BrClN2O3S. The number of carbonyl (C=O) groups excluding carboxylic acids is 1. The summed E-state index contributed by atoms with van der Waals surface area (Å²) in [6.45, 7) is 1.89. The first-order chi connectivity index (χ1) is 13.3. The molecule has 8 heteroatoms. The van der Waals surface area contributed by atoms with Crippen LogP contribution >= 0.6 is 27.5 Å². The molecule has 28 heavy (non-hydrogen) atoms. The number of amides is 1. The highest BCUT2D eigenvalue weighted by molar-refractivity contribution is 9.10. The smallest absolute Gasteiger partial charge is 0.261 e. The van der Waals surface area contributed by atoms with Gasteiger partial charge in [-0.15, -0.1) is 0 Å². The normalized spacial score (nSPS) is 11.1. The van der Waals surface area contributed by atoms with Crippen LogP contribution in [0.2, 0.25) is 5.02 Å². The number of aryl methyl sites for hydroxylation is 1. The molecule has 1 amide bonds. The standard InChI is InChI=1S/C20H16BrClN2O3S/c1-13-6-11-19(17(22)12-13)23-20(25)16-4-2-3-5-18(16)24-28(26,27)15-9-7-14(21)8-10-15/h2-12,24H,1H3,(H,23,25). The number of sulfonamides is 1. The summed E-state index contributed by atoms with van der Waals surface area (Å²) in [5.41, 5.74) is 1.76. The Kier molecular flexibility index (Phi) is 6.07. The van der Waals surface area contributed by atoms with Gasteiger partial charge in [0.05, 0.1) is 26.9 Å². The fraction of sp³-hybridized carbons (Fsp3) is 0.0500. The van der Waals surface area contributed by atoms with Crippen LogP contribution in [0, 0.1) is 6.92 Å². The molecule has 0 aliphatic heterocycles. The van der Waals surface area contributed by atoms with Crippen molar-refractivity contribution in [1.82, 2.24) is 0 Å². The summed E-state index contributed by atoms with van der Waals surface area (Å²) in [5.74, 6) is -0.472. The van der Waals surface area contributed by atoms with Crippen molar-refractivity contribution >= 4 is 54.8 Å². The van der Waals surface area contributed by atoms with Crippen molar-refractivity contribution in [3.63, 3.8) is 0 Å². The summed E-state index contributed by atoms with van der Waals surface area (Å²) < 4.78 is 28.6. The Hall–Kier alpha value is -2.35. The maximum Gasteiger partial charge on any atom is 0.261 e. The quantitative estimate of drug-likeness (QED) is 0.510. The third-order valence-corrected chi connectivity index (χ3v) is 6.14. The summed E-state index contributed by atoms with van der Waals surface area (Å²) >= 11 is 9.44. The van der Waals surface area contributed by atoms with Gasteiger partial charge in [0.25, 0.3) is 15.9 Å². The average molecular weight is 480 g/mol. The highest BCUT2D eigenvalue weighted by Gasteiger charge is 2.19. The Morgan fingerprint density at radius 3 is 2.32 bits per heavy atom. The lowest BCUT2D eigenvalue weighted by atomic mass is 10.1. The van der Waals surface area contributed by atoms with Gasteiger partial charge in [-0.25, -0.2) is 8.42 Å². The molecule has 0 radical (unpaired) electrons. The van der Waals surface area contributed by atoms with Gasteiger partial charge in [0.2, 0.25) is 0 Å². The van der Waals surface area contributed by atoms with Crippen LogP contribution in [0.15, 0.2) is 76.1 Å². The third kappa shape index (κ3) is 4.73. The van der Waals surface area contributed by atoms with Crippen LogP contribution in [-0.4, -0.2) is 14.3 Å². The van der Waals surface area contributed by atoms with Crippen molar-refractivity contribution < 1.29 is 13.2 Å². The van der Waals surface area contributed by atoms with E-state index in [0.717, 1.165) is 10.0 Å². The molecule has 5 nitrogen and oxygen atoms in total. The molecule has 0 aliphatic carbocycles. The van der Waals surface area contributed by atoms with Gasteiger partial charge in [-0.1, -0.05) is 45.7 Å². The van der Waals surface area contributed by atoms with Crippen LogP contribution in [0.25, 0.3) is 0 Å². The minimum Gasteiger partial charge on any atom is -0.321 e. The number of anilines is 2. The molecule has 144 valence electrons. The zero-order chi connectivity index (χ0) is 20.3. The van der Waals surface area contributed by atoms with Gasteiger partial charge in [-0.3, -0.25) is 9.52 Å². The summed E-state index contributed by atoms with van der Waals surface area (Å²) in [6.07, 6.45) is 0. The molecule has 3 aromatic rings. The van der Waals surface area contributed by atoms with Gasteiger partial charge in [0.1, 0.15) is 0 Å². The van der Waals surface area contributed by atoms with Gasteiger partial charge in [-0.2, -0.15) is 0 Å². The van der Waals surface area contributed by atoms with Gasteiger partial charge in [0, 0.05) is 4.47 Å². The number of hydrogen-bond acceptors (Lipinski definition) is 3. The zero-order valence-electron chi connectivity index (χ0n) is 14.7. The molecule has 2 N–H and O–H groups in total. The SMILES string of the molecule is Cc1ccc(NC(=O)c2ccccc2NS(=O)(=O)c2ccc(Br)cc2)c(Cl)c1. The molecule has 0 aromatic heterocycles. The zero-order valence-corrected chi connectivity index (χ0v) is 17.9. The number of hydrogen-bond donors (Lipinski definition) is 2. The van der Waals surface area contributed by atoms with Gasteiger partial charge >= 0.3 is 0 Å². The lowest BCUT2D eigenvalue weighted by Gasteiger charge is -2.13. The van der Waals surface area contributed by atoms with E-state index in [4.69, 9.17) is 11.6 Å².